The van der Waals surface area contributed by atoms with E-state index in [1.54, 1.807) is 11.3 Å². The van der Waals surface area contributed by atoms with Gasteiger partial charge in [-0.05, 0) is 11.6 Å². The maximum absolute atomic E-state index is 4.75. The molecule has 2 aromatic carbocycles. The number of para-hydroxylation sites is 1. The number of hydrogen-bond donors (Lipinski definition) is 1. The van der Waals surface area contributed by atoms with Crippen LogP contribution in [0.1, 0.15) is 11.4 Å². The topological polar surface area (TPSA) is 58.9 Å². The Kier molecular flexibility index (Phi) is 2.96. The Morgan fingerprint density at radius 2 is 1.79 bits per heavy atom. The van der Waals surface area contributed by atoms with Gasteiger partial charge in [0.15, 0.2) is 5.82 Å². The highest BCUT2D eigenvalue weighted by Gasteiger charge is 2.15. The molecule has 0 atom stereocenters. The zero-order valence-corrected chi connectivity index (χ0v) is 13.5. The number of benzene rings is 2. The molecule has 24 heavy (non-hydrogen) atoms. The normalized spacial score (nSPS) is 11.5. The third kappa shape index (κ3) is 2.11. The van der Waals surface area contributed by atoms with Crippen LogP contribution in [-0.2, 0) is 6.42 Å². The number of aromatic nitrogens is 5. The summed E-state index contributed by atoms with van der Waals surface area (Å²) in [7, 11) is 0. The monoisotopic (exact) mass is 331 g/mol. The van der Waals surface area contributed by atoms with Crippen molar-refractivity contribution in [1.82, 2.24) is 24.8 Å². The number of nitrogens with one attached hydrogen (secondary N) is 1. The minimum atomic E-state index is 0.721. The van der Waals surface area contributed by atoms with Crippen molar-refractivity contribution in [3.8, 4) is 10.6 Å². The summed E-state index contributed by atoms with van der Waals surface area (Å²) in [4.78, 5) is 4.12. The minimum Gasteiger partial charge on any atom is -0.360 e. The van der Waals surface area contributed by atoms with Gasteiger partial charge in [-0.3, -0.25) is 0 Å². The standard InChI is InChI=1S/C18H13N5S/c1-2-6-12(7-3-1)10-16-20-21-18-23(16)22-17(24-18)14-11-19-15-9-5-4-8-13(14)15/h1-9,11,19H,10H2. The molecule has 0 aliphatic heterocycles. The Morgan fingerprint density at radius 1 is 0.958 bits per heavy atom. The molecule has 0 spiro atoms. The largest absolute Gasteiger partial charge is 0.360 e. The molecule has 0 amide bonds. The zero-order valence-electron chi connectivity index (χ0n) is 12.7. The summed E-state index contributed by atoms with van der Waals surface area (Å²) in [5.74, 6) is 0.860. The van der Waals surface area contributed by atoms with Gasteiger partial charge in [-0.1, -0.05) is 59.9 Å². The van der Waals surface area contributed by atoms with Gasteiger partial charge < -0.3 is 4.98 Å². The predicted octanol–water partition coefficient (Wildman–Crippen LogP) is 3.92. The predicted molar refractivity (Wildman–Crippen MR) is 95.2 cm³/mol. The van der Waals surface area contributed by atoms with Crippen molar-refractivity contribution in [3.05, 3.63) is 72.2 Å². The molecule has 5 aromatic rings. The summed E-state index contributed by atoms with van der Waals surface area (Å²) in [6.45, 7) is 0. The van der Waals surface area contributed by atoms with Crippen LogP contribution in [0.15, 0.2) is 60.8 Å². The van der Waals surface area contributed by atoms with Crippen LogP contribution >= 0.6 is 11.3 Å². The Balaban J connectivity index is 1.59. The molecule has 5 rings (SSSR count). The number of H-pyrrole nitrogens is 1. The molecule has 0 saturated carbocycles. The molecule has 0 bridgehead atoms. The van der Waals surface area contributed by atoms with Crippen LogP contribution in [0.3, 0.4) is 0 Å². The lowest BCUT2D eigenvalue weighted by Crippen LogP contribution is -1.97. The molecule has 0 aliphatic carbocycles. The van der Waals surface area contributed by atoms with Crippen LogP contribution in [0.2, 0.25) is 0 Å². The Labute approximate surface area is 141 Å². The summed E-state index contributed by atoms with van der Waals surface area (Å²) in [5, 5.41) is 15.4. The molecular formula is C18H13N5S. The average molecular weight is 331 g/mol. The molecule has 3 aromatic heterocycles. The molecule has 0 aliphatic rings. The van der Waals surface area contributed by atoms with E-state index in [-0.39, 0.29) is 0 Å². The molecule has 0 radical (unpaired) electrons. The van der Waals surface area contributed by atoms with Crippen molar-refractivity contribution in [3.63, 3.8) is 0 Å². The first-order chi connectivity index (χ1) is 11.9. The molecule has 5 nitrogen and oxygen atoms in total. The average Bonchev–Trinajstić information content (AvgIpc) is 3.30. The van der Waals surface area contributed by atoms with Crippen LogP contribution in [0.5, 0.6) is 0 Å². The van der Waals surface area contributed by atoms with Crippen molar-refractivity contribution < 1.29 is 0 Å². The molecule has 0 unspecified atom stereocenters. The van der Waals surface area contributed by atoms with Gasteiger partial charge in [0.05, 0.1) is 0 Å². The van der Waals surface area contributed by atoms with E-state index in [9.17, 15) is 0 Å². The molecule has 3 heterocycles. The highest BCUT2D eigenvalue weighted by molar-refractivity contribution is 7.19. The van der Waals surface area contributed by atoms with E-state index in [1.807, 2.05) is 41.0 Å². The highest BCUT2D eigenvalue weighted by atomic mass is 32.1. The maximum Gasteiger partial charge on any atom is 0.234 e. The molecule has 116 valence electrons. The second-order valence-electron chi connectivity index (χ2n) is 5.63. The lowest BCUT2D eigenvalue weighted by atomic mass is 10.1. The van der Waals surface area contributed by atoms with E-state index in [2.05, 4.69) is 39.4 Å². The van der Waals surface area contributed by atoms with E-state index in [1.165, 1.54) is 10.9 Å². The number of nitrogens with zero attached hydrogens (tertiary/aromatic N) is 4. The SMILES string of the molecule is c1ccc(Cc2nnc3sc(-c4c[nH]c5ccccc45)nn23)cc1. The van der Waals surface area contributed by atoms with Crippen molar-refractivity contribution in [1.29, 1.82) is 0 Å². The third-order valence-corrected chi connectivity index (χ3v) is 5.01. The van der Waals surface area contributed by atoms with Gasteiger partial charge in [0.25, 0.3) is 0 Å². The lowest BCUT2D eigenvalue weighted by Gasteiger charge is -1.97. The fraction of sp³-hybridized carbons (Fsp3) is 0.0556. The summed E-state index contributed by atoms with van der Waals surface area (Å²) in [5.41, 5.74) is 3.42. The van der Waals surface area contributed by atoms with E-state index in [0.717, 1.165) is 33.3 Å². The van der Waals surface area contributed by atoms with Crippen LogP contribution < -0.4 is 0 Å². The fourth-order valence-electron chi connectivity index (χ4n) is 2.90. The van der Waals surface area contributed by atoms with Crippen molar-refractivity contribution >= 4 is 27.2 Å². The second-order valence-corrected chi connectivity index (χ2v) is 6.58. The summed E-state index contributed by atoms with van der Waals surface area (Å²) in [6.07, 6.45) is 2.73. The van der Waals surface area contributed by atoms with Gasteiger partial charge in [0.2, 0.25) is 4.96 Å². The molecular weight excluding hydrogens is 318 g/mol. The number of fused-ring (bicyclic) bond motifs is 2. The highest BCUT2D eigenvalue weighted by Crippen LogP contribution is 2.31. The van der Waals surface area contributed by atoms with Crippen molar-refractivity contribution in [2.24, 2.45) is 0 Å². The third-order valence-electron chi connectivity index (χ3n) is 4.08. The van der Waals surface area contributed by atoms with E-state index in [0.29, 0.717) is 0 Å². The lowest BCUT2D eigenvalue weighted by molar-refractivity contribution is 0.854. The van der Waals surface area contributed by atoms with Gasteiger partial charge in [-0.15, -0.1) is 10.2 Å². The van der Waals surface area contributed by atoms with Gasteiger partial charge >= 0.3 is 0 Å². The molecule has 6 heteroatoms. The Morgan fingerprint density at radius 3 is 2.71 bits per heavy atom. The van der Waals surface area contributed by atoms with Gasteiger partial charge in [0.1, 0.15) is 5.01 Å². The summed E-state index contributed by atoms with van der Waals surface area (Å²) >= 11 is 1.56. The first-order valence-electron chi connectivity index (χ1n) is 7.70. The molecule has 0 fully saturated rings. The quantitative estimate of drug-likeness (QED) is 0.545. The number of rotatable bonds is 3. The van der Waals surface area contributed by atoms with Crippen molar-refractivity contribution in [2.45, 2.75) is 6.42 Å². The first kappa shape index (κ1) is 13.4. The molecule has 1 N–H and O–H groups in total. The maximum atomic E-state index is 4.75. The van der Waals surface area contributed by atoms with E-state index in [4.69, 9.17) is 5.10 Å². The summed E-state index contributed by atoms with van der Waals surface area (Å²) < 4.78 is 1.86. The van der Waals surface area contributed by atoms with Crippen LogP contribution in [0, 0.1) is 0 Å². The second kappa shape index (κ2) is 5.28. The van der Waals surface area contributed by atoms with Crippen LogP contribution in [-0.4, -0.2) is 24.8 Å². The smallest absolute Gasteiger partial charge is 0.234 e. The minimum absolute atomic E-state index is 0.721. The van der Waals surface area contributed by atoms with Gasteiger partial charge in [-0.2, -0.15) is 9.61 Å². The summed E-state index contributed by atoms with van der Waals surface area (Å²) in [6, 6.07) is 18.5. The van der Waals surface area contributed by atoms with E-state index >= 15 is 0 Å². The first-order valence-corrected chi connectivity index (χ1v) is 8.52. The van der Waals surface area contributed by atoms with Crippen LogP contribution in [0.4, 0.5) is 0 Å². The number of hydrogen-bond acceptors (Lipinski definition) is 4. The van der Waals surface area contributed by atoms with Gasteiger partial charge in [-0.25, -0.2) is 0 Å². The number of aromatic amines is 1. The Hall–Kier alpha value is -2.99. The van der Waals surface area contributed by atoms with Crippen LogP contribution in [0.25, 0.3) is 26.4 Å². The van der Waals surface area contributed by atoms with E-state index < -0.39 is 0 Å². The zero-order chi connectivity index (χ0) is 15.9. The molecule has 0 saturated heterocycles. The Bertz CT molecular complexity index is 1140. The van der Waals surface area contributed by atoms with Crippen molar-refractivity contribution in [2.75, 3.05) is 0 Å². The fourth-order valence-corrected chi connectivity index (χ4v) is 3.79. The van der Waals surface area contributed by atoms with Gasteiger partial charge in [0, 0.05) is 29.1 Å².